The molecule has 0 fully saturated rings. The van der Waals surface area contributed by atoms with Gasteiger partial charge in [-0.25, -0.2) is 0 Å². The van der Waals surface area contributed by atoms with Crippen molar-refractivity contribution in [1.29, 1.82) is 0 Å². The number of rotatable bonds is 2. The molecule has 0 spiro atoms. The van der Waals surface area contributed by atoms with Crippen LogP contribution < -0.4 is 0 Å². The number of benzene rings is 3. The number of phenols is 1. The highest BCUT2D eigenvalue weighted by molar-refractivity contribution is 6.06. The molecule has 112 valence electrons. The maximum Gasteiger partial charge on any atom is 0.123 e. The second kappa shape index (κ2) is 5.40. The molecule has 0 aliphatic carbocycles. The normalized spacial score (nSPS) is 12.8. The van der Waals surface area contributed by atoms with Crippen LogP contribution in [-0.2, 0) is 6.42 Å². The maximum atomic E-state index is 9.97. The van der Waals surface area contributed by atoms with Crippen molar-refractivity contribution in [2.24, 2.45) is 4.99 Å². The molecule has 3 aromatic rings. The first-order chi connectivity index (χ1) is 11.2. The number of aromatic hydroxyl groups is 1. The highest BCUT2D eigenvalue weighted by Crippen LogP contribution is 2.32. The number of hydrogen-bond donors (Lipinski definition) is 1. The van der Waals surface area contributed by atoms with E-state index in [2.05, 4.69) is 37.3 Å². The largest absolute Gasteiger partial charge is 0.507 e. The van der Waals surface area contributed by atoms with Crippen molar-refractivity contribution < 1.29 is 5.11 Å². The molecule has 0 amide bonds. The number of nitrogens with zero attached hydrogens (tertiary/aromatic N) is 1. The summed E-state index contributed by atoms with van der Waals surface area (Å²) in [5, 5.41) is 9.97. The van der Waals surface area contributed by atoms with Crippen LogP contribution >= 0.6 is 0 Å². The summed E-state index contributed by atoms with van der Waals surface area (Å²) in [7, 11) is 0. The predicted octanol–water partition coefficient (Wildman–Crippen LogP) is 5.04. The van der Waals surface area contributed by atoms with E-state index in [9.17, 15) is 5.11 Å². The minimum absolute atomic E-state index is 0.307. The lowest BCUT2D eigenvalue weighted by molar-refractivity contribution is 0.477. The highest BCUT2D eigenvalue weighted by Gasteiger charge is 2.16. The zero-order valence-corrected chi connectivity index (χ0v) is 13.0. The first kappa shape index (κ1) is 13.8. The topological polar surface area (TPSA) is 32.6 Å². The molecule has 1 aliphatic heterocycles. The average molecular weight is 299 g/mol. The number of aryl methyl sites for hydroxylation is 1. The number of fused-ring (bicyclic) bond motifs is 1. The Labute approximate surface area is 135 Å². The number of para-hydroxylation sites is 1. The number of hydrogen-bond acceptors (Lipinski definition) is 2. The summed E-state index contributed by atoms with van der Waals surface area (Å²) in [6.07, 6.45) is 0.882. The molecule has 1 N–H and O–H groups in total. The maximum absolute atomic E-state index is 9.97. The molecule has 3 aromatic carbocycles. The Morgan fingerprint density at radius 3 is 2.39 bits per heavy atom. The Balaban J connectivity index is 1.64. The molecule has 0 aromatic heterocycles. The predicted molar refractivity (Wildman–Crippen MR) is 94.6 cm³/mol. The van der Waals surface area contributed by atoms with Crippen LogP contribution in [0.1, 0.15) is 16.7 Å². The Kier molecular flexibility index (Phi) is 3.23. The third-order valence-electron chi connectivity index (χ3n) is 4.28. The minimum Gasteiger partial charge on any atom is -0.507 e. The van der Waals surface area contributed by atoms with Crippen LogP contribution in [0, 0.1) is 6.92 Å². The van der Waals surface area contributed by atoms with E-state index in [1.165, 1.54) is 11.1 Å². The summed E-state index contributed by atoms with van der Waals surface area (Å²) in [6, 6.07) is 22.1. The second-order valence-corrected chi connectivity index (χ2v) is 5.96. The van der Waals surface area contributed by atoms with Crippen LogP contribution in [0.25, 0.3) is 11.1 Å². The fourth-order valence-corrected chi connectivity index (χ4v) is 3.06. The van der Waals surface area contributed by atoms with Gasteiger partial charge >= 0.3 is 0 Å². The molecule has 0 saturated heterocycles. The van der Waals surface area contributed by atoms with Crippen molar-refractivity contribution in [1.82, 2.24) is 0 Å². The lowest BCUT2D eigenvalue weighted by Gasteiger charge is -2.06. The van der Waals surface area contributed by atoms with Gasteiger partial charge in [-0.15, -0.1) is 0 Å². The van der Waals surface area contributed by atoms with Gasteiger partial charge in [0.25, 0.3) is 0 Å². The molecule has 4 rings (SSSR count). The molecule has 0 unspecified atom stereocenters. The van der Waals surface area contributed by atoms with Crippen molar-refractivity contribution in [3.05, 3.63) is 83.4 Å². The van der Waals surface area contributed by atoms with Gasteiger partial charge in [-0.2, -0.15) is 0 Å². The SMILES string of the molecule is Cc1ccc2c(c1)CC(c1ccc(-c3ccccc3O)cc1)=N2. The van der Waals surface area contributed by atoms with Crippen molar-refractivity contribution >= 4 is 11.4 Å². The van der Waals surface area contributed by atoms with Crippen molar-refractivity contribution in [2.45, 2.75) is 13.3 Å². The number of aliphatic imine (C=N–C) groups is 1. The molecule has 0 bridgehead atoms. The molecule has 2 heteroatoms. The molecule has 2 nitrogen and oxygen atoms in total. The van der Waals surface area contributed by atoms with Crippen LogP contribution in [0.2, 0.25) is 0 Å². The van der Waals surface area contributed by atoms with Gasteiger partial charge in [0.2, 0.25) is 0 Å². The van der Waals surface area contributed by atoms with E-state index in [1.54, 1.807) is 6.07 Å². The Morgan fingerprint density at radius 2 is 1.61 bits per heavy atom. The van der Waals surface area contributed by atoms with E-state index < -0.39 is 0 Å². The van der Waals surface area contributed by atoms with Crippen molar-refractivity contribution in [3.63, 3.8) is 0 Å². The summed E-state index contributed by atoms with van der Waals surface area (Å²) in [4.78, 5) is 4.75. The van der Waals surface area contributed by atoms with Gasteiger partial charge in [-0.3, -0.25) is 4.99 Å². The monoisotopic (exact) mass is 299 g/mol. The zero-order valence-electron chi connectivity index (χ0n) is 13.0. The standard InChI is InChI=1S/C21H17NO/c1-14-6-11-19-17(12-14)13-20(22-19)16-9-7-15(8-10-16)18-4-2-3-5-21(18)23/h2-12,23H,13H2,1H3. The van der Waals surface area contributed by atoms with Gasteiger partial charge in [0.05, 0.1) is 11.4 Å². The lowest BCUT2D eigenvalue weighted by Crippen LogP contribution is -2.00. The third kappa shape index (κ3) is 2.53. The van der Waals surface area contributed by atoms with E-state index in [4.69, 9.17) is 4.99 Å². The van der Waals surface area contributed by atoms with Crippen LogP contribution in [-0.4, -0.2) is 10.8 Å². The first-order valence-corrected chi connectivity index (χ1v) is 7.76. The number of phenolic OH excluding ortho intramolecular Hbond substituents is 1. The van der Waals surface area contributed by atoms with Crippen molar-refractivity contribution in [2.75, 3.05) is 0 Å². The van der Waals surface area contributed by atoms with E-state index in [0.717, 1.165) is 34.5 Å². The van der Waals surface area contributed by atoms with Crippen LogP contribution in [0.3, 0.4) is 0 Å². The Hall–Kier alpha value is -2.87. The fourth-order valence-electron chi connectivity index (χ4n) is 3.06. The van der Waals surface area contributed by atoms with Gasteiger partial charge < -0.3 is 5.11 Å². The average Bonchev–Trinajstić information content (AvgIpc) is 2.98. The van der Waals surface area contributed by atoms with Gasteiger partial charge in [-0.1, -0.05) is 60.2 Å². The van der Waals surface area contributed by atoms with Crippen LogP contribution in [0.15, 0.2) is 71.7 Å². The van der Waals surface area contributed by atoms with Gasteiger partial charge in [0, 0.05) is 12.0 Å². The van der Waals surface area contributed by atoms with E-state index in [-0.39, 0.29) is 0 Å². The van der Waals surface area contributed by atoms with Gasteiger partial charge in [-0.05, 0) is 35.7 Å². The van der Waals surface area contributed by atoms with Crippen LogP contribution in [0.5, 0.6) is 5.75 Å². The molecule has 0 atom stereocenters. The zero-order chi connectivity index (χ0) is 15.8. The van der Waals surface area contributed by atoms with E-state index in [1.807, 2.05) is 30.3 Å². The third-order valence-corrected chi connectivity index (χ3v) is 4.28. The quantitative estimate of drug-likeness (QED) is 0.706. The van der Waals surface area contributed by atoms with Gasteiger partial charge in [0.1, 0.15) is 5.75 Å². The van der Waals surface area contributed by atoms with Gasteiger partial charge in [0.15, 0.2) is 0 Å². The molecular formula is C21H17NO. The lowest BCUT2D eigenvalue weighted by atomic mass is 9.99. The van der Waals surface area contributed by atoms with Crippen molar-refractivity contribution in [3.8, 4) is 16.9 Å². The molecular weight excluding hydrogens is 282 g/mol. The Morgan fingerprint density at radius 1 is 0.870 bits per heavy atom. The van der Waals surface area contributed by atoms with E-state index >= 15 is 0 Å². The first-order valence-electron chi connectivity index (χ1n) is 7.76. The molecule has 1 heterocycles. The smallest absolute Gasteiger partial charge is 0.123 e. The minimum atomic E-state index is 0.307. The summed E-state index contributed by atoms with van der Waals surface area (Å²) in [5.74, 6) is 0.307. The molecule has 23 heavy (non-hydrogen) atoms. The molecule has 1 aliphatic rings. The molecule has 0 saturated carbocycles. The second-order valence-electron chi connectivity index (χ2n) is 5.96. The highest BCUT2D eigenvalue weighted by atomic mass is 16.3. The summed E-state index contributed by atoms with van der Waals surface area (Å²) >= 11 is 0. The Bertz CT molecular complexity index is 907. The summed E-state index contributed by atoms with van der Waals surface area (Å²) in [5.41, 5.74) is 7.76. The summed E-state index contributed by atoms with van der Waals surface area (Å²) < 4.78 is 0. The van der Waals surface area contributed by atoms with Crippen LogP contribution in [0.4, 0.5) is 5.69 Å². The molecule has 0 radical (unpaired) electrons. The van der Waals surface area contributed by atoms with E-state index in [0.29, 0.717) is 5.75 Å². The fraction of sp³-hybridized carbons (Fsp3) is 0.0952. The summed E-state index contributed by atoms with van der Waals surface area (Å²) in [6.45, 7) is 2.11.